The van der Waals surface area contributed by atoms with Crippen molar-refractivity contribution in [2.75, 3.05) is 5.32 Å². The summed E-state index contributed by atoms with van der Waals surface area (Å²) in [7, 11) is 0. The molecule has 0 spiro atoms. The Bertz CT molecular complexity index is 962. The summed E-state index contributed by atoms with van der Waals surface area (Å²) in [5.74, 6) is -0.827. The SMILES string of the molecule is Cc1cccc2sc(NC(=O)[C@@H](C)Cn3nc([N+](=O)[O-])cc3C)nc12. The molecule has 1 N–H and O–H groups in total. The second kappa shape index (κ2) is 6.60. The van der Waals surface area contributed by atoms with Crippen LogP contribution in [0.1, 0.15) is 18.2 Å². The van der Waals surface area contributed by atoms with Crippen molar-refractivity contribution in [3.63, 3.8) is 0 Å². The van der Waals surface area contributed by atoms with Crippen molar-refractivity contribution in [2.45, 2.75) is 27.3 Å². The van der Waals surface area contributed by atoms with Crippen molar-refractivity contribution in [1.29, 1.82) is 0 Å². The van der Waals surface area contributed by atoms with Crippen LogP contribution in [0.3, 0.4) is 0 Å². The van der Waals surface area contributed by atoms with E-state index in [0.29, 0.717) is 10.8 Å². The number of carbonyl (C=O) groups is 1. The normalized spacial score (nSPS) is 12.3. The molecule has 25 heavy (non-hydrogen) atoms. The monoisotopic (exact) mass is 359 g/mol. The van der Waals surface area contributed by atoms with Gasteiger partial charge in [-0.3, -0.25) is 4.79 Å². The summed E-state index contributed by atoms with van der Waals surface area (Å²) in [5, 5.41) is 18.1. The summed E-state index contributed by atoms with van der Waals surface area (Å²) in [4.78, 5) is 27.1. The van der Waals surface area contributed by atoms with Crippen molar-refractivity contribution in [3.05, 3.63) is 45.6 Å². The zero-order valence-corrected chi connectivity index (χ0v) is 14.8. The number of aromatic nitrogens is 3. The number of hydrogen-bond donors (Lipinski definition) is 1. The Morgan fingerprint density at radius 1 is 1.44 bits per heavy atom. The van der Waals surface area contributed by atoms with Crippen LogP contribution in [0.25, 0.3) is 10.2 Å². The van der Waals surface area contributed by atoms with Crippen LogP contribution in [0.2, 0.25) is 0 Å². The number of nitrogens with one attached hydrogen (secondary N) is 1. The Kier molecular flexibility index (Phi) is 4.49. The van der Waals surface area contributed by atoms with Gasteiger partial charge in [0.2, 0.25) is 5.91 Å². The number of fused-ring (bicyclic) bond motifs is 1. The van der Waals surface area contributed by atoms with Gasteiger partial charge in [0.15, 0.2) is 5.13 Å². The smallest absolute Gasteiger partial charge is 0.358 e. The first-order chi connectivity index (χ1) is 11.8. The van der Waals surface area contributed by atoms with Crippen LogP contribution in [0.4, 0.5) is 10.9 Å². The van der Waals surface area contributed by atoms with Gasteiger partial charge >= 0.3 is 5.82 Å². The molecule has 1 amide bonds. The van der Waals surface area contributed by atoms with Gasteiger partial charge < -0.3 is 15.4 Å². The van der Waals surface area contributed by atoms with Crippen LogP contribution in [0.15, 0.2) is 24.3 Å². The molecule has 3 rings (SSSR count). The number of hydrogen-bond acceptors (Lipinski definition) is 6. The lowest BCUT2D eigenvalue weighted by Crippen LogP contribution is -2.25. The van der Waals surface area contributed by atoms with E-state index >= 15 is 0 Å². The van der Waals surface area contributed by atoms with Crippen molar-refractivity contribution in [1.82, 2.24) is 14.8 Å². The lowest BCUT2D eigenvalue weighted by molar-refractivity contribution is -0.389. The highest BCUT2D eigenvalue weighted by Gasteiger charge is 2.21. The fraction of sp³-hybridized carbons (Fsp3) is 0.312. The molecule has 0 saturated carbocycles. The van der Waals surface area contributed by atoms with Gasteiger partial charge in [0.05, 0.1) is 39.5 Å². The number of anilines is 1. The molecule has 0 aliphatic carbocycles. The van der Waals surface area contributed by atoms with E-state index in [2.05, 4.69) is 15.4 Å². The summed E-state index contributed by atoms with van der Waals surface area (Å²) in [6.07, 6.45) is 0. The van der Waals surface area contributed by atoms with Crippen molar-refractivity contribution < 1.29 is 9.72 Å². The lowest BCUT2D eigenvalue weighted by atomic mass is 10.1. The van der Waals surface area contributed by atoms with E-state index in [4.69, 9.17) is 0 Å². The third-order valence-electron chi connectivity index (χ3n) is 3.90. The number of para-hydroxylation sites is 1. The van der Waals surface area contributed by atoms with E-state index in [0.717, 1.165) is 15.8 Å². The molecule has 130 valence electrons. The maximum Gasteiger partial charge on any atom is 0.390 e. The summed E-state index contributed by atoms with van der Waals surface area (Å²) < 4.78 is 2.49. The Labute approximate surface area is 147 Å². The predicted octanol–water partition coefficient (Wildman–Crippen LogP) is 3.29. The van der Waals surface area contributed by atoms with Gasteiger partial charge in [-0.05, 0) is 30.4 Å². The van der Waals surface area contributed by atoms with Crippen molar-refractivity contribution in [3.8, 4) is 0 Å². The highest BCUT2D eigenvalue weighted by Crippen LogP contribution is 2.28. The largest absolute Gasteiger partial charge is 0.390 e. The minimum atomic E-state index is -0.544. The standard InChI is InChI=1S/C16H17N5O3S/c1-9-5-4-6-12-14(9)17-16(25-12)18-15(22)10(2)8-20-11(3)7-13(19-20)21(23)24/h4-7,10H,8H2,1-3H3,(H,17,18,22)/t10-/m0/s1. The molecule has 0 saturated heterocycles. The topological polar surface area (TPSA) is 103 Å². The van der Waals surface area contributed by atoms with Crippen molar-refractivity contribution >= 4 is 38.4 Å². The van der Waals surface area contributed by atoms with E-state index in [-0.39, 0.29) is 18.3 Å². The summed E-state index contributed by atoms with van der Waals surface area (Å²) in [6.45, 7) is 5.71. The molecular weight excluding hydrogens is 342 g/mol. The first-order valence-corrected chi connectivity index (χ1v) is 8.52. The summed E-state index contributed by atoms with van der Waals surface area (Å²) >= 11 is 1.42. The summed E-state index contributed by atoms with van der Waals surface area (Å²) in [5.41, 5.74) is 2.58. The van der Waals surface area contributed by atoms with Crippen LogP contribution in [0, 0.1) is 29.9 Å². The van der Waals surface area contributed by atoms with Crippen LogP contribution in [0.5, 0.6) is 0 Å². The van der Waals surface area contributed by atoms with Gasteiger partial charge in [-0.25, -0.2) is 4.98 Å². The quantitative estimate of drug-likeness (QED) is 0.556. The van der Waals surface area contributed by atoms with Crippen molar-refractivity contribution in [2.24, 2.45) is 5.92 Å². The van der Waals surface area contributed by atoms with E-state index in [1.165, 1.54) is 22.1 Å². The second-order valence-corrected chi connectivity index (χ2v) is 6.94. The van der Waals surface area contributed by atoms with Crippen LogP contribution in [-0.2, 0) is 11.3 Å². The molecule has 0 radical (unpaired) electrons. The minimum absolute atomic E-state index is 0.200. The lowest BCUT2D eigenvalue weighted by Gasteiger charge is -2.09. The highest BCUT2D eigenvalue weighted by molar-refractivity contribution is 7.22. The number of carbonyl (C=O) groups excluding carboxylic acids is 1. The maximum atomic E-state index is 12.4. The molecule has 1 aromatic carbocycles. The Morgan fingerprint density at radius 2 is 2.20 bits per heavy atom. The van der Waals surface area contributed by atoms with Gasteiger partial charge in [0.1, 0.15) is 0 Å². The number of nitro groups is 1. The van der Waals surface area contributed by atoms with E-state index < -0.39 is 10.8 Å². The number of amides is 1. The zero-order valence-electron chi connectivity index (χ0n) is 14.0. The third kappa shape index (κ3) is 3.50. The molecule has 8 nitrogen and oxygen atoms in total. The van der Waals surface area contributed by atoms with Gasteiger partial charge in [0, 0.05) is 0 Å². The molecule has 9 heteroatoms. The van der Waals surface area contributed by atoms with E-state index in [1.807, 2.05) is 25.1 Å². The number of nitrogens with zero attached hydrogens (tertiary/aromatic N) is 4. The van der Waals surface area contributed by atoms with Gasteiger partial charge in [-0.1, -0.05) is 30.4 Å². The molecule has 0 unspecified atom stereocenters. The molecule has 3 aromatic rings. The summed E-state index contributed by atoms with van der Waals surface area (Å²) in [6, 6.07) is 7.29. The second-order valence-electron chi connectivity index (χ2n) is 5.91. The molecule has 0 fully saturated rings. The average Bonchev–Trinajstić information content (AvgIpc) is 3.12. The predicted molar refractivity (Wildman–Crippen MR) is 95.8 cm³/mol. The van der Waals surface area contributed by atoms with Gasteiger partial charge in [-0.2, -0.15) is 4.68 Å². The third-order valence-corrected chi connectivity index (χ3v) is 4.84. The minimum Gasteiger partial charge on any atom is -0.358 e. The Hall–Kier alpha value is -2.81. The Morgan fingerprint density at radius 3 is 2.84 bits per heavy atom. The molecule has 0 aliphatic rings. The Balaban J connectivity index is 1.71. The molecular formula is C16H17N5O3S. The average molecular weight is 359 g/mol. The van der Waals surface area contributed by atoms with Crippen LogP contribution in [-0.4, -0.2) is 25.6 Å². The number of aryl methyl sites for hydroxylation is 2. The van der Waals surface area contributed by atoms with Gasteiger partial charge in [-0.15, -0.1) is 0 Å². The zero-order chi connectivity index (χ0) is 18.1. The van der Waals surface area contributed by atoms with Gasteiger partial charge in [0.25, 0.3) is 0 Å². The number of rotatable bonds is 5. The fourth-order valence-corrected chi connectivity index (χ4v) is 3.42. The van der Waals surface area contributed by atoms with Crippen LogP contribution < -0.4 is 5.32 Å². The van der Waals surface area contributed by atoms with Crippen LogP contribution >= 0.6 is 11.3 Å². The number of benzene rings is 1. The first-order valence-electron chi connectivity index (χ1n) is 7.71. The first kappa shape index (κ1) is 17.0. The number of thiazole rings is 1. The molecule has 0 bridgehead atoms. The van der Waals surface area contributed by atoms with E-state index in [9.17, 15) is 14.9 Å². The van der Waals surface area contributed by atoms with E-state index in [1.54, 1.807) is 13.8 Å². The highest BCUT2D eigenvalue weighted by atomic mass is 32.1. The molecule has 2 heterocycles. The molecule has 2 aromatic heterocycles. The fourth-order valence-electron chi connectivity index (χ4n) is 2.48. The maximum absolute atomic E-state index is 12.4. The molecule has 1 atom stereocenters. The molecule has 0 aliphatic heterocycles.